The summed E-state index contributed by atoms with van der Waals surface area (Å²) in [6, 6.07) is 9.12. The number of carbonyl (C=O) groups is 1. The van der Waals surface area contributed by atoms with Crippen LogP contribution in [0.25, 0.3) is 0 Å². The van der Waals surface area contributed by atoms with Crippen molar-refractivity contribution in [3.05, 3.63) is 35.9 Å². The van der Waals surface area contributed by atoms with E-state index in [-0.39, 0.29) is 24.5 Å². The van der Waals surface area contributed by atoms with Crippen molar-refractivity contribution in [3.8, 4) is 11.8 Å². The Bertz CT molecular complexity index is 445. The molecule has 0 aliphatic heterocycles. The number of nitrogens with one attached hydrogen (secondary N) is 1. The van der Waals surface area contributed by atoms with Gasteiger partial charge < -0.3 is 10.4 Å². The van der Waals surface area contributed by atoms with Gasteiger partial charge in [0, 0.05) is 18.8 Å². The van der Waals surface area contributed by atoms with E-state index in [1.807, 2.05) is 44.2 Å². The molecule has 0 saturated heterocycles. The standard InChI is InChI=1S/C16H21NO2/c1-3-4-6-9-13(2)16(19)17-15(12-18)14-10-7-5-8-11-14/h5,7-8,10-11,13,15,18H,3,9,12H2,1-2H3,(H,17,19). The minimum absolute atomic E-state index is 0.0756. The zero-order valence-electron chi connectivity index (χ0n) is 11.5. The molecular weight excluding hydrogens is 238 g/mol. The highest BCUT2D eigenvalue weighted by Crippen LogP contribution is 2.13. The molecule has 19 heavy (non-hydrogen) atoms. The van der Waals surface area contributed by atoms with Crippen LogP contribution in [-0.2, 0) is 4.79 Å². The van der Waals surface area contributed by atoms with Crippen LogP contribution in [0.2, 0.25) is 0 Å². The SMILES string of the molecule is CCC#CCC(C)C(=O)NC(CO)c1ccccc1. The highest BCUT2D eigenvalue weighted by molar-refractivity contribution is 5.79. The van der Waals surface area contributed by atoms with Crippen LogP contribution in [0.4, 0.5) is 0 Å². The molecule has 0 radical (unpaired) electrons. The third-order valence-electron chi connectivity index (χ3n) is 2.86. The number of carbonyl (C=O) groups excluding carboxylic acids is 1. The lowest BCUT2D eigenvalue weighted by atomic mass is 10.0. The lowest BCUT2D eigenvalue weighted by Gasteiger charge is -2.18. The summed E-state index contributed by atoms with van der Waals surface area (Å²) in [6.07, 6.45) is 1.35. The summed E-state index contributed by atoms with van der Waals surface area (Å²) < 4.78 is 0. The first-order chi connectivity index (χ1) is 9.19. The Hall–Kier alpha value is -1.79. The molecule has 2 unspecified atom stereocenters. The smallest absolute Gasteiger partial charge is 0.224 e. The van der Waals surface area contributed by atoms with E-state index in [1.54, 1.807) is 0 Å². The molecule has 3 heteroatoms. The molecule has 2 atom stereocenters. The second-order valence-electron chi connectivity index (χ2n) is 4.47. The van der Waals surface area contributed by atoms with E-state index in [2.05, 4.69) is 17.2 Å². The van der Waals surface area contributed by atoms with Gasteiger partial charge in [0.25, 0.3) is 0 Å². The number of benzene rings is 1. The zero-order valence-corrected chi connectivity index (χ0v) is 11.5. The lowest BCUT2D eigenvalue weighted by Crippen LogP contribution is -2.34. The van der Waals surface area contributed by atoms with Crippen LogP contribution in [0.15, 0.2) is 30.3 Å². The van der Waals surface area contributed by atoms with Gasteiger partial charge in [0.05, 0.1) is 12.6 Å². The molecule has 1 rings (SSSR count). The fourth-order valence-electron chi connectivity index (χ4n) is 1.68. The average Bonchev–Trinajstić information content (AvgIpc) is 2.45. The van der Waals surface area contributed by atoms with Crippen LogP contribution in [0.5, 0.6) is 0 Å². The van der Waals surface area contributed by atoms with Gasteiger partial charge in [-0.25, -0.2) is 0 Å². The Morgan fingerprint density at radius 3 is 2.58 bits per heavy atom. The second kappa shape index (κ2) is 8.34. The Balaban J connectivity index is 2.58. The summed E-state index contributed by atoms with van der Waals surface area (Å²) in [5.41, 5.74) is 0.908. The molecule has 0 heterocycles. The fourth-order valence-corrected chi connectivity index (χ4v) is 1.68. The molecular formula is C16H21NO2. The summed E-state index contributed by atoms with van der Waals surface area (Å²) in [5.74, 6) is 5.68. The van der Waals surface area contributed by atoms with Gasteiger partial charge in [-0.2, -0.15) is 0 Å². The molecule has 1 amide bonds. The van der Waals surface area contributed by atoms with Gasteiger partial charge in [-0.1, -0.05) is 44.2 Å². The van der Waals surface area contributed by atoms with Crippen molar-refractivity contribution >= 4 is 5.91 Å². The van der Waals surface area contributed by atoms with Crippen molar-refractivity contribution in [3.63, 3.8) is 0 Å². The Morgan fingerprint density at radius 2 is 2.00 bits per heavy atom. The summed E-state index contributed by atoms with van der Waals surface area (Å²) in [4.78, 5) is 12.0. The highest BCUT2D eigenvalue weighted by Gasteiger charge is 2.17. The van der Waals surface area contributed by atoms with E-state index in [9.17, 15) is 9.90 Å². The van der Waals surface area contributed by atoms with Crippen molar-refractivity contribution in [1.29, 1.82) is 0 Å². The number of rotatable bonds is 5. The molecule has 1 aromatic carbocycles. The van der Waals surface area contributed by atoms with E-state index in [0.29, 0.717) is 6.42 Å². The maximum Gasteiger partial charge on any atom is 0.224 e. The lowest BCUT2D eigenvalue weighted by molar-refractivity contribution is -0.125. The van der Waals surface area contributed by atoms with Crippen molar-refractivity contribution in [2.75, 3.05) is 6.61 Å². The first-order valence-electron chi connectivity index (χ1n) is 6.61. The number of hydrogen-bond donors (Lipinski definition) is 2. The van der Waals surface area contributed by atoms with Gasteiger partial charge in [0.2, 0.25) is 5.91 Å². The first kappa shape index (κ1) is 15.3. The summed E-state index contributed by atoms with van der Waals surface area (Å²) >= 11 is 0. The molecule has 0 aliphatic carbocycles. The fraction of sp³-hybridized carbons (Fsp3) is 0.438. The van der Waals surface area contributed by atoms with E-state index in [1.165, 1.54) is 0 Å². The minimum Gasteiger partial charge on any atom is -0.394 e. The van der Waals surface area contributed by atoms with Gasteiger partial charge in [0.15, 0.2) is 0 Å². The quantitative estimate of drug-likeness (QED) is 0.797. The Kier molecular flexibility index (Phi) is 6.70. The predicted molar refractivity (Wildman–Crippen MR) is 76.3 cm³/mol. The highest BCUT2D eigenvalue weighted by atomic mass is 16.3. The summed E-state index contributed by atoms with van der Waals surface area (Å²) in [6.45, 7) is 3.72. The maximum atomic E-state index is 12.0. The maximum absolute atomic E-state index is 12.0. The molecule has 102 valence electrons. The molecule has 0 fully saturated rings. The summed E-state index contributed by atoms with van der Waals surface area (Å²) in [7, 11) is 0. The molecule has 3 nitrogen and oxygen atoms in total. The van der Waals surface area contributed by atoms with Gasteiger partial charge >= 0.3 is 0 Å². The van der Waals surface area contributed by atoms with Crippen LogP contribution in [0.1, 0.15) is 38.3 Å². The molecule has 2 N–H and O–H groups in total. The van der Waals surface area contributed by atoms with Gasteiger partial charge in [0.1, 0.15) is 0 Å². The van der Waals surface area contributed by atoms with Crippen LogP contribution < -0.4 is 5.32 Å². The third-order valence-corrected chi connectivity index (χ3v) is 2.86. The second-order valence-corrected chi connectivity index (χ2v) is 4.47. The van der Waals surface area contributed by atoms with Crippen LogP contribution >= 0.6 is 0 Å². The minimum atomic E-state index is -0.352. The average molecular weight is 259 g/mol. The topological polar surface area (TPSA) is 49.3 Å². The number of aliphatic hydroxyl groups excluding tert-OH is 1. The predicted octanol–water partition coefficient (Wildman–Crippen LogP) is 2.28. The van der Waals surface area contributed by atoms with Crippen molar-refractivity contribution in [2.24, 2.45) is 5.92 Å². The zero-order chi connectivity index (χ0) is 14.1. The van der Waals surface area contributed by atoms with Crippen LogP contribution in [0, 0.1) is 17.8 Å². The summed E-state index contributed by atoms with van der Waals surface area (Å²) in [5, 5.41) is 12.2. The number of amides is 1. The third kappa shape index (κ3) is 5.15. The molecule has 0 saturated carbocycles. The molecule has 0 aromatic heterocycles. The molecule has 0 bridgehead atoms. The van der Waals surface area contributed by atoms with Crippen molar-refractivity contribution in [2.45, 2.75) is 32.7 Å². The molecule has 0 aliphatic rings. The van der Waals surface area contributed by atoms with Gasteiger partial charge in [-0.05, 0) is 5.56 Å². The number of hydrogen-bond acceptors (Lipinski definition) is 2. The monoisotopic (exact) mass is 259 g/mol. The van der Waals surface area contributed by atoms with E-state index in [0.717, 1.165) is 12.0 Å². The van der Waals surface area contributed by atoms with Crippen LogP contribution in [-0.4, -0.2) is 17.6 Å². The van der Waals surface area contributed by atoms with Crippen molar-refractivity contribution in [1.82, 2.24) is 5.32 Å². The van der Waals surface area contributed by atoms with E-state index in [4.69, 9.17) is 0 Å². The van der Waals surface area contributed by atoms with E-state index >= 15 is 0 Å². The Labute approximate surface area is 115 Å². The van der Waals surface area contributed by atoms with E-state index < -0.39 is 0 Å². The molecule has 1 aromatic rings. The first-order valence-corrected chi connectivity index (χ1v) is 6.61. The Morgan fingerprint density at radius 1 is 1.32 bits per heavy atom. The largest absolute Gasteiger partial charge is 0.394 e. The number of aliphatic hydroxyl groups is 1. The normalized spacial score (nSPS) is 13.0. The van der Waals surface area contributed by atoms with Crippen LogP contribution in [0.3, 0.4) is 0 Å². The van der Waals surface area contributed by atoms with Gasteiger partial charge in [-0.3, -0.25) is 4.79 Å². The van der Waals surface area contributed by atoms with Crippen molar-refractivity contribution < 1.29 is 9.90 Å². The molecule has 0 spiro atoms. The van der Waals surface area contributed by atoms with Gasteiger partial charge in [-0.15, -0.1) is 11.8 Å².